The van der Waals surface area contributed by atoms with E-state index < -0.39 is 11.7 Å². The highest BCUT2D eigenvalue weighted by atomic mass is 35.5. The third-order valence-corrected chi connectivity index (χ3v) is 4.00. The summed E-state index contributed by atoms with van der Waals surface area (Å²) < 4.78 is 39.6. The molecule has 0 spiro atoms. The van der Waals surface area contributed by atoms with Crippen LogP contribution in [-0.2, 0) is 6.18 Å². The summed E-state index contributed by atoms with van der Waals surface area (Å²) in [5, 5.41) is 3.41. The molecule has 0 saturated carbocycles. The van der Waals surface area contributed by atoms with E-state index in [1.165, 1.54) is 12.1 Å². The molecule has 0 amide bonds. The standard InChI is InChI=1S/C14H18ClF3N2/c1-2-12(20-8-6-19-7-9-20)13-10(14(16,17)18)4-3-5-11(13)15/h3-5,12,19H,2,6-9H2,1H3/t12-/m0/s1. The molecule has 1 saturated heterocycles. The van der Waals surface area contributed by atoms with Crippen LogP contribution in [0.15, 0.2) is 18.2 Å². The van der Waals surface area contributed by atoms with Crippen LogP contribution in [-0.4, -0.2) is 31.1 Å². The van der Waals surface area contributed by atoms with Crippen molar-refractivity contribution in [2.24, 2.45) is 0 Å². The van der Waals surface area contributed by atoms with Gasteiger partial charge in [0.15, 0.2) is 0 Å². The van der Waals surface area contributed by atoms with Gasteiger partial charge in [-0.1, -0.05) is 24.6 Å². The number of benzene rings is 1. The first kappa shape index (κ1) is 15.6. The van der Waals surface area contributed by atoms with Gasteiger partial charge in [-0.25, -0.2) is 0 Å². The van der Waals surface area contributed by atoms with E-state index in [1.807, 2.05) is 6.92 Å². The normalized spacial score (nSPS) is 19.1. The second kappa shape index (κ2) is 6.33. The molecule has 6 heteroatoms. The quantitative estimate of drug-likeness (QED) is 0.915. The van der Waals surface area contributed by atoms with Gasteiger partial charge in [-0.15, -0.1) is 0 Å². The molecule has 1 aliphatic heterocycles. The molecule has 0 bridgehead atoms. The van der Waals surface area contributed by atoms with Crippen molar-refractivity contribution in [1.82, 2.24) is 10.2 Å². The minimum absolute atomic E-state index is 0.199. The monoisotopic (exact) mass is 306 g/mol. The molecular formula is C14H18ClF3N2. The van der Waals surface area contributed by atoms with Gasteiger partial charge >= 0.3 is 6.18 Å². The Morgan fingerprint density at radius 1 is 1.30 bits per heavy atom. The van der Waals surface area contributed by atoms with E-state index in [9.17, 15) is 13.2 Å². The molecule has 1 fully saturated rings. The van der Waals surface area contributed by atoms with Crippen molar-refractivity contribution < 1.29 is 13.2 Å². The fourth-order valence-corrected chi connectivity index (χ4v) is 3.06. The van der Waals surface area contributed by atoms with E-state index in [1.54, 1.807) is 0 Å². The maximum atomic E-state index is 13.2. The highest BCUT2D eigenvalue weighted by Crippen LogP contribution is 2.40. The van der Waals surface area contributed by atoms with Crippen LogP contribution in [0.1, 0.15) is 30.5 Å². The van der Waals surface area contributed by atoms with E-state index in [4.69, 9.17) is 11.6 Å². The smallest absolute Gasteiger partial charge is 0.314 e. The zero-order valence-corrected chi connectivity index (χ0v) is 12.1. The molecule has 1 heterocycles. The largest absolute Gasteiger partial charge is 0.416 e. The van der Waals surface area contributed by atoms with Crippen molar-refractivity contribution in [2.45, 2.75) is 25.6 Å². The minimum Gasteiger partial charge on any atom is -0.314 e. The molecule has 1 N–H and O–H groups in total. The summed E-state index contributed by atoms with van der Waals surface area (Å²) in [6.45, 7) is 4.96. The molecular weight excluding hydrogens is 289 g/mol. The predicted molar refractivity (Wildman–Crippen MR) is 73.9 cm³/mol. The van der Waals surface area contributed by atoms with Gasteiger partial charge in [0.25, 0.3) is 0 Å². The zero-order chi connectivity index (χ0) is 14.8. The zero-order valence-electron chi connectivity index (χ0n) is 11.3. The number of nitrogens with one attached hydrogen (secondary N) is 1. The maximum absolute atomic E-state index is 13.2. The van der Waals surface area contributed by atoms with Crippen LogP contribution in [0, 0.1) is 0 Å². The van der Waals surface area contributed by atoms with Crippen molar-refractivity contribution in [3.63, 3.8) is 0 Å². The van der Waals surface area contributed by atoms with Crippen molar-refractivity contribution >= 4 is 11.6 Å². The summed E-state index contributed by atoms with van der Waals surface area (Å²) in [5.41, 5.74) is -0.401. The lowest BCUT2D eigenvalue weighted by Crippen LogP contribution is -2.45. The molecule has 2 nitrogen and oxygen atoms in total. The van der Waals surface area contributed by atoms with Gasteiger partial charge < -0.3 is 5.32 Å². The third-order valence-electron chi connectivity index (χ3n) is 3.67. The molecule has 20 heavy (non-hydrogen) atoms. The molecule has 112 valence electrons. The third kappa shape index (κ3) is 3.27. The molecule has 2 rings (SSSR count). The first-order valence-corrected chi connectivity index (χ1v) is 7.13. The van der Waals surface area contributed by atoms with E-state index in [-0.39, 0.29) is 16.6 Å². The van der Waals surface area contributed by atoms with Gasteiger partial charge in [0.1, 0.15) is 0 Å². The Morgan fingerprint density at radius 2 is 1.95 bits per heavy atom. The topological polar surface area (TPSA) is 15.3 Å². The Hall–Kier alpha value is -0.780. The van der Waals surface area contributed by atoms with Crippen molar-refractivity contribution in [3.05, 3.63) is 34.3 Å². The molecule has 0 aliphatic carbocycles. The minimum atomic E-state index is -4.37. The highest BCUT2D eigenvalue weighted by Gasteiger charge is 2.37. The van der Waals surface area contributed by atoms with Gasteiger partial charge in [-0.05, 0) is 18.6 Å². The molecule has 1 aromatic rings. The SMILES string of the molecule is CC[C@@H](c1c(Cl)cccc1C(F)(F)F)N1CCNCC1. The number of nitrogens with zero attached hydrogens (tertiary/aromatic N) is 1. The fraction of sp³-hybridized carbons (Fsp3) is 0.571. The summed E-state index contributed by atoms with van der Waals surface area (Å²) in [5.74, 6) is 0. The van der Waals surface area contributed by atoms with Crippen molar-refractivity contribution in [3.8, 4) is 0 Å². The number of rotatable bonds is 3. The van der Waals surface area contributed by atoms with E-state index in [0.29, 0.717) is 6.42 Å². The first-order chi connectivity index (χ1) is 9.45. The molecule has 0 unspecified atom stereocenters. The maximum Gasteiger partial charge on any atom is 0.416 e. The predicted octanol–water partition coefficient (Wildman–Crippen LogP) is 3.72. The lowest BCUT2D eigenvalue weighted by molar-refractivity contribution is -0.138. The average molecular weight is 307 g/mol. The van der Waals surface area contributed by atoms with E-state index >= 15 is 0 Å². The molecule has 0 radical (unpaired) electrons. The number of alkyl halides is 3. The van der Waals surface area contributed by atoms with Crippen LogP contribution < -0.4 is 5.32 Å². The summed E-state index contributed by atoms with van der Waals surface area (Å²) in [4.78, 5) is 2.08. The second-order valence-electron chi connectivity index (χ2n) is 4.91. The van der Waals surface area contributed by atoms with E-state index in [2.05, 4.69) is 10.2 Å². The molecule has 1 atom stereocenters. The van der Waals surface area contributed by atoms with Crippen LogP contribution >= 0.6 is 11.6 Å². The second-order valence-corrected chi connectivity index (χ2v) is 5.32. The number of hydrogen-bond acceptors (Lipinski definition) is 2. The Labute approximate surface area is 121 Å². The van der Waals surface area contributed by atoms with Gasteiger partial charge in [0.2, 0.25) is 0 Å². The van der Waals surface area contributed by atoms with Gasteiger partial charge in [-0.2, -0.15) is 13.2 Å². The number of halogens is 4. The Morgan fingerprint density at radius 3 is 2.50 bits per heavy atom. The van der Waals surface area contributed by atoms with Crippen LogP contribution in [0.4, 0.5) is 13.2 Å². The van der Waals surface area contributed by atoms with E-state index in [0.717, 1.165) is 32.2 Å². The van der Waals surface area contributed by atoms with Crippen LogP contribution in [0.5, 0.6) is 0 Å². The van der Waals surface area contributed by atoms with Crippen LogP contribution in [0.25, 0.3) is 0 Å². The van der Waals surface area contributed by atoms with Gasteiger partial charge in [-0.3, -0.25) is 4.90 Å². The molecule has 0 aromatic heterocycles. The Bertz CT molecular complexity index is 456. The first-order valence-electron chi connectivity index (χ1n) is 6.75. The average Bonchev–Trinajstić information content (AvgIpc) is 2.41. The summed E-state index contributed by atoms with van der Waals surface area (Å²) >= 11 is 6.09. The number of hydrogen-bond donors (Lipinski definition) is 1. The fourth-order valence-electron chi connectivity index (χ4n) is 2.76. The van der Waals surface area contributed by atoms with Gasteiger partial charge in [0, 0.05) is 42.8 Å². The summed E-state index contributed by atoms with van der Waals surface area (Å²) in [6, 6.07) is 3.73. The van der Waals surface area contributed by atoms with Crippen molar-refractivity contribution in [1.29, 1.82) is 0 Å². The summed E-state index contributed by atoms with van der Waals surface area (Å²) in [7, 11) is 0. The number of piperazine rings is 1. The molecule has 1 aliphatic rings. The Kier molecular flexibility index (Phi) is 4.94. The van der Waals surface area contributed by atoms with Crippen LogP contribution in [0.2, 0.25) is 5.02 Å². The highest BCUT2D eigenvalue weighted by molar-refractivity contribution is 6.31. The summed E-state index contributed by atoms with van der Waals surface area (Å²) in [6.07, 6.45) is -3.77. The Balaban J connectivity index is 2.42. The van der Waals surface area contributed by atoms with Crippen LogP contribution in [0.3, 0.4) is 0 Å². The molecule has 1 aromatic carbocycles. The lowest BCUT2D eigenvalue weighted by Gasteiger charge is -2.36. The van der Waals surface area contributed by atoms with Crippen molar-refractivity contribution in [2.75, 3.05) is 26.2 Å². The lowest BCUT2D eigenvalue weighted by atomic mass is 9.96. The van der Waals surface area contributed by atoms with Gasteiger partial charge in [0.05, 0.1) is 5.56 Å².